The van der Waals surface area contributed by atoms with Crippen LogP contribution < -0.4 is 9.79 Å². The lowest BCUT2D eigenvalue weighted by Crippen LogP contribution is -2.50. The van der Waals surface area contributed by atoms with Gasteiger partial charge < -0.3 is 27.8 Å². The van der Waals surface area contributed by atoms with Gasteiger partial charge in [-0.15, -0.1) is 0 Å². The Morgan fingerprint density at radius 3 is 0.659 bits per heavy atom. The molecule has 6 nitrogen and oxygen atoms in total. The van der Waals surface area contributed by atoms with Gasteiger partial charge in [-0.2, -0.15) is 0 Å². The Morgan fingerprint density at radius 1 is 0.415 bits per heavy atom. The number of hydrogen-bond acceptors (Lipinski definition) is 4. The van der Waals surface area contributed by atoms with Crippen molar-refractivity contribution < 1.29 is 27.8 Å². The Hall–Kier alpha value is 0.0300. The van der Waals surface area contributed by atoms with Crippen molar-refractivity contribution >= 4 is 7.82 Å². The molecule has 0 radical (unpaired) electrons. The SMILES string of the molecule is CCCC[N+](CCCC)(CCCC)CCCC.CCCC[N+](CCCC)(CCCC)CCCC.CC[18O]P(=O)([O-])[O-]. The van der Waals surface area contributed by atoms with E-state index < -0.39 is 7.82 Å². The summed E-state index contributed by atoms with van der Waals surface area (Å²) in [6, 6.07) is 0. The molecular formula is C34H77N2O4P. The Kier molecular flexibility index (Phi) is 34.9. The molecule has 0 aliphatic rings. The second-order valence-electron chi connectivity index (χ2n) is 12.2. The van der Waals surface area contributed by atoms with E-state index in [1.807, 2.05) is 0 Å². The lowest BCUT2D eigenvalue weighted by Gasteiger charge is -2.39. The number of unbranched alkanes of at least 4 members (excludes halogenated alkanes) is 8. The van der Waals surface area contributed by atoms with Gasteiger partial charge in [-0.05, 0) is 58.3 Å². The summed E-state index contributed by atoms with van der Waals surface area (Å²) in [5, 5.41) is 0. The Morgan fingerprint density at radius 2 is 0.585 bits per heavy atom. The second-order valence-corrected chi connectivity index (χ2v) is 13.3. The summed E-state index contributed by atoms with van der Waals surface area (Å²) in [6.07, 6.45) is 22.1. The van der Waals surface area contributed by atoms with Crippen LogP contribution in [0.2, 0.25) is 0 Å². The molecule has 0 saturated carbocycles. The second kappa shape index (κ2) is 31.5. The fourth-order valence-electron chi connectivity index (χ4n) is 5.45. The maximum atomic E-state index is 9.48. The summed E-state index contributed by atoms with van der Waals surface area (Å²) in [6.45, 7) is 31.4. The van der Waals surface area contributed by atoms with E-state index in [-0.39, 0.29) is 6.61 Å². The molecule has 0 aliphatic heterocycles. The lowest BCUT2D eigenvalue weighted by molar-refractivity contribution is -0.929. The minimum Gasteiger partial charge on any atom is -0.790 e. The van der Waals surface area contributed by atoms with Crippen molar-refractivity contribution in [2.24, 2.45) is 0 Å². The molecule has 0 amide bonds. The molecule has 0 unspecified atom stereocenters. The van der Waals surface area contributed by atoms with Crippen molar-refractivity contribution in [2.45, 2.75) is 165 Å². The van der Waals surface area contributed by atoms with Crippen molar-refractivity contribution in [2.75, 3.05) is 59.0 Å². The van der Waals surface area contributed by atoms with Gasteiger partial charge >= 0.3 is 0 Å². The first-order chi connectivity index (χ1) is 19.5. The maximum Gasteiger partial charge on any atom is 0.0786 e. The summed E-state index contributed by atoms with van der Waals surface area (Å²) in [5.74, 6) is 0. The average molecular weight is 611 g/mol. The molecule has 0 heterocycles. The molecule has 0 bridgehead atoms. The summed E-state index contributed by atoms with van der Waals surface area (Å²) in [7, 11) is -4.67. The molecule has 252 valence electrons. The number of rotatable bonds is 26. The lowest BCUT2D eigenvalue weighted by atomic mass is 10.1. The van der Waals surface area contributed by atoms with E-state index in [0.29, 0.717) is 0 Å². The third kappa shape index (κ3) is 29.9. The third-order valence-corrected chi connectivity index (χ3v) is 8.75. The van der Waals surface area contributed by atoms with Crippen LogP contribution in [0, 0.1) is 0 Å². The highest BCUT2D eigenvalue weighted by Crippen LogP contribution is 2.23. The molecule has 0 aromatic carbocycles. The predicted molar refractivity (Wildman–Crippen MR) is 178 cm³/mol. The highest BCUT2D eigenvalue weighted by Gasteiger charge is 2.25. The molecule has 0 aromatic rings. The smallest absolute Gasteiger partial charge is 0.0786 e. The molecule has 0 aliphatic carbocycles. The number of quaternary nitrogens is 2. The quantitative estimate of drug-likeness (QED) is 0.0557. The highest BCUT2D eigenvalue weighted by atomic mass is 31.2. The van der Waals surface area contributed by atoms with Gasteiger partial charge in [-0.1, -0.05) is 107 Å². The monoisotopic (exact) mass is 611 g/mol. The minimum absolute atomic E-state index is 0.0791. The van der Waals surface area contributed by atoms with Crippen LogP contribution >= 0.6 is 7.82 Å². The maximum absolute atomic E-state index is 9.48. The molecule has 0 fully saturated rings. The van der Waals surface area contributed by atoms with Crippen LogP contribution in [-0.4, -0.2) is 67.9 Å². The molecule has 0 rings (SSSR count). The van der Waals surface area contributed by atoms with E-state index in [9.17, 15) is 14.4 Å². The average Bonchev–Trinajstić information content (AvgIpc) is 2.95. The van der Waals surface area contributed by atoms with Crippen molar-refractivity contribution in [1.82, 2.24) is 0 Å². The van der Waals surface area contributed by atoms with Crippen molar-refractivity contribution in [3.63, 3.8) is 0 Å². The summed E-state index contributed by atoms with van der Waals surface area (Å²) >= 11 is 0. The van der Waals surface area contributed by atoms with Crippen LogP contribution in [-0.2, 0) is 9.09 Å². The zero-order valence-corrected chi connectivity index (χ0v) is 30.5. The van der Waals surface area contributed by atoms with E-state index in [1.165, 1.54) is 171 Å². The molecular weight excluding hydrogens is 533 g/mol. The Bertz CT molecular complexity index is 446. The van der Waals surface area contributed by atoms with E-state index in [2.05, 4.69) is 59.9 Å². The molecule has 0 spiro atoms. The third-order valence-electron chi connectivity index (χ3n) is 8.18. The highest BCUT2D eigenvalue weighted by molar-refractivity contribution is 7.43. The summed E-state index contributed by atoms with van der Waals surface area (Å²) in [4.78, 5) is 19.0. The molecule has 0 aromatic heterocycles. The minimum atomic E-state index is -4.67. The van der Waals surface area contributed by atoms with Crippen LogP contribution in [0.5, 0.6) is 0 Å². The first-order valence-electron chi connectivity index (χ1n) is 17.9. The van der Waals surface area contributed by atoms with Crippen LogP contribution in [0.15, 0.2) is 0 Å². The van der Waals surface area contributed by atoms with Gasteiger partial charge in [0.1, 0.15) is 0 Å². The zero-order chi connectivity index (χ0) is 31.9. The Labute approximate surface area is 259 Å². The number of phosphoric ester groups is 1. The van der Waals surface area contributed by atoms with E-state index >= 15 is 0 Å². The van der Waals surface area contributed by atoms with Gasteiger partial charge in [0.05, 0.1) is 60.2 Å². The molecule has 0 atom stereocenters. The fraction of sp³-hybridized carbons (Fsp3) is 1.00. The van der Waals surface area contributed by atoms with E-state index in [4.69, 9.17) is 0 Å². The summed E-state index contributed by atoms with van der Waals surface area (Å²) < 4.78 is 16.0. The van der Waals surface area contributed by atoms with Gasteiger partial charge in [-0.25, -0.2) is 0 Å². The summed E-state index contributed by atoms with van der Waals surface area (Å²) in [5.41, 5.74) is 0. The van der Waals surface area contributed by atoms with Gasteiger partial charge in [0, 0.05) is 6.61 Å². The fourth-order valence-corrected chi connectivity index (χ4v) is 5.76. The van der Waals surface area contributed by atoms with E-state index in [0.717, 1.165) is 0 Å². The van der Waals surface area contributed by atoms with Crippen molar-refractivity contribution in [3.8, 4) is 0 Å². The standard InChI is InChI=1S/2C16H36N.C2H7O4P/c2*1-5-9-13-17(14-10-6-2,15-11-7-3)16-12-8-4;1-2-6-7(3,4)5/h2*5-16H2,1-4H3;2H2,1H3,(H2,3,4,5)/q2*+1;/p-2/i;;6+2. The molecule has 41 heavy (non-hydrogen) atoms. The van der Waals surface area contributed by atoms with Crippen LogP contribution in [0.25, 0.3) is 0 Å². The molecule has 0 N–H and O–H groups in total. The first-order valence-corrected chi connectivity index (χ1v) is 19.4. The number of hydrogen-bond donors (Lipinski definition) is 0. The molecule has 0 saturated heterocycles. The van der Waals surface area contributed by atoms with Gasteiger partial charge in [0.25, 0.3) is 0 Å². The van der Waals surface area contributed by atoms with E-state index in [1.54, 1.807) is 0 Å². The Balaban J connectivity index is -0.000000574. The van der Waals surface area contributed by atoms with Crippen molar-refractivity contribution in [1.29, 1.82) is 0 Å². The van der Waals surface area contributed by atoms with Crippen molar-refractivity contribution in [3.05, 3.63) is 0 Å². The number of phosphoric acid groups is 1. The van der Waals surface area contributed by atoms with Crippen LogP contribution in [0.4, 0.5) is 0 Å². The number of nitrogens with zero attached hydrogens (tertiary/aromatic N) is 2. The predicted octanol–water partition coefficient (Wildman–Crippen LogP) is 8.86. The van der Waals surface area contributed by atoms with Gasteiger partial charge in [0.15, 0.2) is 0 Å². The van der Waals surface area contributed by atoms with Gasteiger partial charge in [0.2, 0.25) is 0 Å². The first kappa shape index (κ1) is 45.5. The van der Waals surface area contributed by atoms with Crippen LogP contribution in [0.1, 0.15) is 165 Å². The zero-order valence-electron chi connectivity index (χ0n) is 29.7. The van der Waals surface area contributed by atoms with Crippen LogP contribution in [0.3, 0.4) is 0 Å². The molecule has 7 heteroatoms. The largest absolute Gasteiger partial charge is 0.790 e. The van der Waals surface area contributed by atoms with Gasteiger partial charge in [-0.3, -0.25) is 0 Å². The normalized spacial score (nSPS) is 12.0. The topological polar surface area (TPSA) is 72.4 Å².